The summed E-state index contributed by atoms with van der Waals surface area (Å²) in [6.45, 7) is 5.31. The molecule has 0 atom stereocenters. The van der Waals surface area contributed by atoms with E-state index in [1.807, 2.05) is 50.5 Å². The fourth-order valence-electron chi connectivity index (χ4n) is 5.14. The second kappa shape index (κ2) is 10.1. The number of fused-ring (bicyclic) bond motifs is 2. The molecule has 1 fully saturated rings. The summed E-state index contributed by atoms with van der Waals surface area (Å²) in [5, 5.41) is 4.15. The Hall–Kier alpha value is -4.28. The molecular formula is C29H34N8O2. The Labute approximate surface area is 226 Å². The van der Waals surface area contributed by atoms with Crippen molar-refractivity contribution in [3.63, 3.8) is 0 Å². The van der Waals surface area contributed by atoms with Gasteiger partial charge in [0.15, 0.2) is 0 Å². The van der Waals surface area contributed by atoms with Crippen LogP contribution in [0, 0.1) is 0 Å². The van der Waals surface area contributed by atoms with Crippen molar-refractivity contribution in [1.82, 2.24) is 24.8 Å². The Morgan fingerprint density at radius 2 is 1.79 bits per heavy atom. The number of aromatic nitrogens is 3. The van der Waals surface area contributed by atoms with E-state index in [0.717, 1.165) is 72.0 Å². The number of nitrogen functional groups attached to an aromatic ring is 1. The maximum absolute atomic E-state index is 13.1. The number of piperazine rings is 1. The smallest absolute Gasteiger partial charge is 0.261 e. The van der Waals surface area contributed by atoms with Crippen LogP contribution in [0.1, 0.15) is 11.5 Å². The third kappa shape index (κ3) is 5.08. The first-order valence-corrected chi connectivity index (χ1v) is 13.2. The van der Waals surface area contributed by atoms with Gasteiger partial charge in [-0.05, 0) is 69.7 Å². The molecule has 4 heterocycles. The Bertz CT molecular complexity index is 1690. The predicted molar refractivity (Wildman–Crippen MR) is 157 cm³/mol. The number of likely N-dealkylation sites (N-methyl/N-ethyl adjacent to an activating group) is 1. The van der Waals surface area contributed by atoms with Crippen molar-refractivity contribution in [3.8, 4) is 11.4 Å². The SMILES string of the molecule is CN(C)Cc1ccc(CNc2ccc3[nH]c(=O)c(-c4nc5ccc(N6CCN(C)CC6)cc5[nH]4)c(N)c3c2)o1. The van der Waals surface area contributed by atoms with Crippen LogP contribution in [0.2, 0.25) is 0 Å². The van der Waals surface area contributed by atoms with Crippen molar-refractivity contribution in [2.75, 3.05) is 63.3 Å². The van der Waals surface area contributed by atoms with Crippen LogP contribution in [0.5, 0.6) is 0 Å². The molecule has 0 spiro atoms. The third-order valence-electron chi connectivity index (χ3n) is 7.28. The molecule has 0 amide bonds. The van der Waals surface area contributed by atoms with E-state index < -0.39 is 0 Å². The summed E-state index contributed by atoms with van der Waals surface area (Å²) < 4.78 is 5.91. The number of nitrogens with two attached hydrogens (primary N) is 1. The molecule has 6 rings (SSSR count). The number of nitrogens with one attached hydrogen (secondary N) is 3. The number of hydrogen-bond donors (Lipinski definition) is 4. The average Bonchev–Trinajstić information content (AvgIpc) is 3.54. The molecule has 1 saturated heterocycles. The molecule has 0 bridgehead atoms. The molecule has 0 saturated carbocycles. The molecule has 10 nitrogen and oxygen atoms in total. The Morgan fingerprint density at radius 3 is 2.59 bits per heavy atom. The van der Waals surface area contributed by atoms with E-state index in [2.05, 4.69) is 49.2 Å². The zero-order valence-corrected chi connectivity index (χ0v) is 22.5. The van der Waals surface area contributed by atoms with Gasteiger partial charge >= 0.3 is 0 Å². The monoisotopic (exact) mass is 526 g/mol. The number of furan rings is 1. The third-order valence-corrected chi connectivity index (χ3v) is 7.28. The van der Waals surface area contributed by atoms with Crippen LogP contribution >= 0.6 is 0 Å². The number of aromatic amines is 2. The number of anilines is 3. The lowest BCUT2D eigenvalue weighted by molar-refractivity contribution is 0.313. The Morgan fingerprint density at radius 1 is 1.00 bits per heavy atom. The van der Waals surface area contributed by atoms with E-state index >= 15 is 0 Å². The lowest BCUT2D eigenvalue weighted by atomic mass is 10.1. The fraction of sp³-hybridized carbons (Fsp3) is 0.310. The summed E-state index contributed by atoms with van der Waals surface area (Å²) in [4.78, 5) is 30.9. The molecule has 0 radical (unpaired) electrons. The molecular weight excluding hydrogens is 492 g/mol. The number of pyridine rings is 1. The van der Waals surface area contributed by atoms with Gasteiger partial charge in [-0.3, -0.25) is 4.79 Å². The predicted octanol–water partition coefficient (Wildman–Crippen LogP) is 3.67. The van der Waals surface area contributed by atoms with Gasteiger partial charge in [-0.2, -0.15) is 0 Å². The van der Waals surface area contributed by atoms with E-state index in [-0.39, 0.29) is 5.56 Å². The fourth-order valence-corrected chi connectivity index (χ4v) is 5.14. The first kappa shape index (κ1) is 25.0. The maximum atomic E-state index is 13.1. The molecule has 39 heavy (non-hydrogen) atoms. The lowest BCUT2D eigenvalue weighted by Crippen LogP contribution is -2.44. The second-order valence-electron chi connectivity index (χ2n) is 10.5. The zero-order valence-electron chi connectivity index (χ0n) is 22.5. The molecule has 0 unspecified atom stereocenters. The summed E-state index contributed by atoms with van der Waals surface area (Å²) >= 11 is 0. The van der Waals surface area contributed by atoms with E-state index in [0.29, 0.717) is 29.1 Å². The van der Waals surface area contributed by atoms with Crippen LogP contribution in [0.15, 0.2) is 57.7 Å². The largest absolute Gasteiger partial charge is 0.463 e. The summed E-state index contributed by atoms with van der Waals surface area (Å²) in [5.74, 6) is 2.23. The van der Waals surface area contributed by atoms with Crippen molar-refractivity contribution >= 4 is 39.0 Å². The van der Waals surface area contributed by atoms with Gasteiger partial charge in [0.05, 0.1) is 35.3 Å². The van der Waals surface area contributed by atoms with Crippen LogP contribution in [-0.2, 0) is 13.1 Å². The highest BCUT2D eigenvalue weighted by molar-refractivity contribution is 5.99. The molecule has 202 valence electrons. The minimum Gasteiger partial charge on any atom is -0.463 e. The maximum Gasteiger partial charge on any atom is 0.261 e. The van der Waals surface area contributed by atoms with E-state index in [1.54, 1.807) is 0 Å². The normalized spacial score (nSPS) is 14.6. The Kier molecular flexibility index (Phi) is 6.49. The van der Waals surface area contributed by atoms with Gasteiger partial charge in [0.1, 0.15) is 22.9 Å². The standard InChI is InChI=1S/C29H34N8O2/c1-35(2)17-21-7-6-20(39-21)16-31-18-4-8-23-22(14-18)27(30)26(29(38)34-23)28-32-24-9-5-19(15-25(24)33-28)37-12-10-36(3)11-13-37/h4-9,14-15,31H,10-13,16-17H2,1-3H3,(H,32,33)(H3,30,34,38). The molecule has 0 aliphatic carbocycles. The van der Waals surface area contributed by atoms with Gasteiger partial charge in [0, 0.05) is 42.9 Å². The molecule has 5 N–H and O–H groups in total. The van der Waals surface area contributed by atoms with E-state index in [4.69, 9.17) is 15.1 Å². The van der Waals surface area contributed by atoms with Crippen molar-refractivity contribution in [2.24, 2.45) is 0 Å². The van der Waals surface area contributed by atoms with Crippen molar-refractivity contribution in [2.45, 2.75) is 13.1 Å². The number of hydrogen-bond acceptors (Lipinski definition) is 8. The van der Waals surface area contributed by atoms with Gasteiger partial charge in [-0.15, -0.1) is 0 Å². The number of imidazole rings is 1. The van der Waals surface area contributed by atoms with Crippen LogP contribution in [-0.4, -0.2) is 72.1 Å². The number of nitrogens with zero attached hydrogens (tertiary/aromatic N) is 4. The summed E-state index contributed by atoms with van der Waals surface area (Å²) in [7, 11) is 6.17. The van der Waals surface area contributed by atoms with Crippen molar-refractivity contribution < 1.29 is 4.42 Å². The van der Waals surface area contributed by atoms with Crippen LogP contribution in [0.3, 0.4) is 0 Å². The number of benzene rings is 2. The highest BCUT2D eigenvalue weighted by Gasteiger charge is 2.18. The van der Waals surface area contributed by atoms with E-state index in [9.17, 15) is 4.79 Å². The first-order valence-electron chi connectivity index (χ1n) is 13.2. The van der Waals surface area contributed by atoms with Crippen LogP contribution in [0.4, 0.5) is 17.1 Å². The summed E-state index contributed by atoms with van der Waals surface area (Å²) in [6.07, 6.45) is 0. The van der Waals surface area contributed by atoms with E-state index in [1.165, 1.54) is 0 Å². The van der Waals surface area contributed by atoms with Gasteiger partial charge in [-0.1, -0.05) is 0 Å². The lowest BCUT2D eigenvalue weighted by Gasteiger charge is -2.34. The molecule has 5 aromatic rings. The first-order chi connectivity index (χ1) is 18.8. The molecule has 10 heteroatoms. The topological polar surface area (TPSA) is 122 Å². The average molecular weight is 527 g/mol. The number of rotatable bonds is 7. The molecule has 2 aromatic carbocycles. The van der Waals surface area contributed by atoms with Crippen LogP contribution in [0.25, 0.3) is 33.3 Å². The zero-order chi connectivity index (χ0) is 27.1. The molecule has 1 aliphatic rings. The minimum atomic E-state index is -0.275. The molecule has 3 aromatic heterocycles. The Balaban J connectivity index is 1.28. The second-order valence-corrected chi connectivity index (χ2v) is 10.5. The number of H-pyrrole nitrogens is 2. The minimum absolute atomic E-state index is 0.275. The summed E-state index contributed by atoms with van der Waals surface area (Å²) in [5.41, 5.74) is 11.4. The van der Waals surface area contributed by atoms with Gasteiger partial charge in [-0.25, -0.2) is 4.98 Å². The quantitative estimate of drug-likeness (QED) is 0.253. The summed E-state index contributed by atoms with van der Waals surface area (Å²) in [6, 6.07) is 15.9. The van der Waals surface area contributed by atoms with Crippen molar-refractivity contribution in [3.05, 3.63) is 70.4 Å². The highest BCUT2D eigenvalue weighted by Crippen LogP contribution is 2.31. The van der Waals surface area contributed by atoms with Gasteiger partial charge in [0.2, 0.25) is 0 Å². The van der Waals surface area contributed by atoms with Gasteiger partial charge < -0.3 is 40.1 Å². The molecule has 1 aliphatic heterocycles. The highest BCUT2D eigenvalue weighted by atomic mass is 16.3. The van der Waals surface area contributed by atoms with Crippen molar-refractivity contribution in [1.29, 1.82) is 0 Å². The van der Waals surface area contributed by atoms with Crippen LogP contribution < -0.4 is 21.5 Å². The van der Waals surface area contributed by atoms with Gasteiger partial charge in [0.25, 0.3) is 5.56 Å².